The fourth-order valence-electron chi connectivity index (χ4n) is 2.53. The Kier molecular flexibility index (Phi) is 1.52. The van der Waals surface area contributed by atoms with Gasteiger partial charge < -0.3 is 0 Å². The molecule has 2 aliphatic rings. The molecule has 0 aromatic carbocycles. The van der Waals surface area contributed by atoms with Gasteiger partial charge in [-0.15, -0.1) is 0 Å². The van der Waals surface area contributed by atoms with Gasteiger partial charge in [-0.2, -0.15) is 11.8 Å². The van der Waals surface area contributed by atoms with Crippen molar-refractivity contribution in [2.75, 3.05) is 11.5 Å². The van der Waals surface area contributed by atoms with E-state index in [0.29, 0.717) is 0 Å². The Morgan fingerprint density at radius 1 is 1.10 bits per heavy atom. The van der Waals surface area contributed by atoms with Crippen LogP contribution >= 0.6 is 11.8 Å². The van der Waals surface area contributed by atoms with E-state index in [0.717, 1.165) is 17.3 Å². The molecule has 1 saturated carbocycles. The number of hydrogen-bond acceptors (Lipinski definition) is 1. The van der Waals surface area contributed by atoms with Gasteiger partial charge >= 0.3 is 0 Å². The highest BCUT2D eigenvalue weighted by Gasteiger charge is 2.56. The summed E-state index contributed by atoms with van der Waals surface area (Å²) in [6.07, 6.45) is 2.98. The molecule has 1 aliphatic heterocycles. The third-order valence-corrected chi connectivity index (χ3v) is 4.48. The number of thioether (sulfide) groups is 1. The predicted octanol–water partition coefficient (Wildman–Crippen LogP) is 2.79. The molecule has 0 bridgehead atoms. The molecule has 2 atom stereocenters. The van der Waals surface area contributed by atoms with Crippen molar-refractivity contribution in [2.24, 2.45) is 17.3 Å². The van der Waals surface area contributed by atoms with Crippen LogP contribution in [0.3, 0.4) is 0 Å². The summed E-state index contributed by atoms with van der Waals surface area (Å²) in [7, 11) is 0. The summed E-state index contributed by atoms with van der Waals surface area (Å²) in [6, 6.07) is 0. The van der Waals surface area contributed by atoms with E-state index in [1.165, 1.54) is 24.3 Å². The largest absolute Gasteiger partial charge is 0.162 e. The van der Waals surface area contributed by atoms with E-state index < -0.39 is 0 Å². The van der Waals surface area contributed by atoms with Crippen molar-refractivity contribution in [1.29, 1.82) is 0 Å². The SMILES string of the molecule is CC1(C)[C@H]2CCSCC[C@@H]21. The van der Waals surface area contributed by atoms with Gasteiger partial charge in [0.1, 0.15) is 0 Å². The van der Waals surface area contributed by atoms with E-state index >= 15 is 0 Å². The van der Waals surface area contributed by atoms with Crippen molar-refractivity contribution in [1.82, 2.24) is 0 Å². The zero-order valence-corrected chi connectivity index (χ0v) is 7.71. The highest BCUT2D eigenvalue weighted by atomic mass is 32.2. The monoisotopic (exact) mass is 156 g/mol. The minimum Gasteiger partial charge on any atom is -0.162 e. The smallest absolute Gasteiger partial charge is 0.00646 e. The van der Waals surface area contributed by atoms with Gasteiger partial charge in [0, 0.05) is 0 Å². The molecule has 0 aromatic rings. The van der Waals surface area contributed by atoms with Crippen LogP contribution in [0, 0.1) is 17.3 Å². The average Bonchev–Trinajstić information content (AvgIpc) is 2.47. The van der Waals surface area contributed by atoms with Crippen molar-refractivity contribution >= 4 is 11.8 Å². The van der Waals surface area contributed by atoms with Gasteiger partial charge in [0.25, 0.3) is 0 Å². The Morgan fingerprint density at radius 2 is 1.60 bits per heavy atom. The van der Waals surface area contributed by atoms with E-state index in [1.54, 1.807) is 0 Å². The second kappa shape index (κ2) is 2.17. The van der Waals surface area contributed by atoms with Crippen LogP contribution in [-0.2, 0) is 0 Å². The number of fused-ring (bicyclic) bond motifs is 1. The van der Waals surface area contributed by atoms with Gasteiger partial charge in [-0.05, 0) is 41.6 Å². The van der Waals surface area contributed by atoms with Crippen LogP contribution in [0.1, 0.15) is 26.7 Å². The van der Waals surface area contributed by atoms with Crippen molar-refractivity contribution in [2.45, 2.75) is 26.7 Å². The summed E-state index contributed by atoms with van der Waals surface area (Å²) in [4.78, 5) is 0. The standard InChI is InChI=1S/C9H16S/c1-9(2)7-3-5-10-6-4-8(7)9/h7-8H,3-6H2,1-2H3/t7-,8-/m0/s1. The summed E-state index contributed by atoms with van der Waals surface area (Å²) >= 11 is 2.15. The first-order valence-corrected chi connectivity index (χ1v) is 5.46. The molecule has 0 spiro atoms. The van der Waals surface area contributed by atoms with E-state index in [-0.39, 0.29) is 0 Å². The Bertz CT molecular complexity index is 126. The summed E-state index contributed by atoms with van der Waals surface area (Å²) in [5.74, 6) is 5.01. The average molecular weight is 156 g/mol. The molecule has 1 heterocycles. The zero-order valence-electron chi connectivity index (χ0n) is 6.89. The Morgan fingerprint density at radius 3 is 2.10 bits per heavy atom. The van der Waals surface area contributed by atoms with Gasteiger partial charge in [-0.1, -0.05) is 13.8 Å². The first-order chi connectivity index (χ1) is 4.73. The minimum atomic E-state index is 0.723. The van der Waals surface area contributed by atoms with Crippen LogP contribution in [-0.4, -0.2) is 11.5 Å². The van der Waals surface area contributed by atoms with Crippen LogP contribution < -0.4 is 0 Å². The predicted molar refractivity (Wildman–Crippen MR) is 47.3 cm³/mol. The molecule has 0 N–H and O–H groups in total. The first kappa shape index (κ1) is 7.02. The number of hydrogen-bond donors (Lipinski definition) is 0. The van der Waals surface area contributed by atoms with Crippen molar-refractivity contribution < 1.29 is 0 Å². The third-order valence-electron chi connectivity index (χ3n) is 3.43. The Labute approximate surface area is 67.8 Å². The normalized spacial score (nSPS) is 43.8. The summed E-state index contributed by atoms with van der Waals surface area (Å²) in [5, 5.41) is 0. The summed E-state index contributed by atoms with van der Waals surface area (Å²) in [6.45, 7) is 4.89. The molecule has 2 rings (SSSR count). The topological polar surface area (TPSA) is 0 Å². The van der Waals surface area contributed by atoms with Crippen LogP contribution in [0.2, 0.25) is 0 Å². The Hall–Kier alpha value is 0.350. The fraction of sp³-hybridized carbons (Fsp3) is 1.00. The maximum atomic E-state index is 2.44. The maximum Gasteiger partial charge on any atom is -0.00646 e. The van der Waals surface area contributed by atoms with Crippen molar-refractivity contribution in [3.05, 3.63) is 0 Å². The lowest BCUT2D eigenvalue weighted by molar-refractivity contribution is 0.525. The van der Waals surface area contributed by atoms with Gasteiger partial charge in [-0.25, -0.2) is 0 Å². The van der Waals surface area contributed by atoms with Crippen LogP contribution in [0.15, 0.2) is 0 Å². The molecular formula is C9H16S. The van der Waals surface area contributed by atoms with E-state index in [2.05, 4.69) is 25.6 Å². The summed E-state index contributed by atoms with van der Waals surface area (Å²) < 4.78 is 0. The molecule has 0 unspecified atom stereocenters. The lowest BCUT2D eigenvalue weighted by Gasteiger charge is -2.04. The van der Waals surface area contributed by atoms with Gasteiger partial charge in [0.2, 0.25) is 0 Å². The number of rotatable bonds is 0. The highest BCUT2D eigenvalue weighted by Crippen LogP contribution is 2.63. The molecule has 10 heavy (non-hydrogen) atoms. The molecule has 58 valence electrons. The van der Waals surface area contributed by atoms with Crippen LogP contribution in [0.5, 0.6) is 0 Å². The third kappa shape index (κ3) is 0.903. The first-order valence-electron chi connectivity index (χ1n) is 4.30. The molecule has 1 saturated heterocycles. The molecule has 0 amide bonds. The second-order valence-corrected chi connectivity index (χ2v) is 5.45. The molecular weight excluding hydrogens is 140 g/mol. The maximum absolute atomic E-state index is 2.44. The quantitative estimate of drug-likeness (QED) is 0.519. The van der Waals surface area contributed by atoms with E-state index in [9.17, 15) is 0 Å². The van der Waals surface area contributed by atoms with Crippen molar-refractivity contribution in [3.63, 3.8) is 0 Å². The fourth-order valence-corrected chi connectivity index (χ4v) is 3.57. The molecule has 0 radical (unpaired) electrons. The molecule has 0 nitrogen and oxygen atoms in total. The Balaban J connectivity index is 2.01. The highest BCUT2D eigenvalue weighted by molar-refractivity contribution is 7.99. The van der Waals surface area contributed by atoms with Gasteiger partial charge in [0.15, 0.2) is 0 Å². The van der Waals surface area contributed by atoms with Crippen LogP contribution in [0.4, 0.5) is 0 Å². The second-order valence-electron chi connectivity index (χ2n) is 4.22. The zero-order chi connectivity index (χ0) is 7.19. The lowest BCUT2D eigenvalue weighted by atomic mass is 10.1. The molecule has 1 heteroatoms. The van der Waals surface area contributed by atoms with Crippen molar-refractivity contribution in [3.8, 4) is 0 Å². The molecule has 1 aliphatic carbocycles. The molecule has 2 fully saturated rings. The minimum absolute atomic E-state index is 0.723. The van der Waals surface area contributed by atoms with Crippen LogP contribution in [0.25, 0.3) is 0 Å². The molecule has 0 aromatic heterocycles. The van der Waals surface area contributed by atoms with Gasteiger partial charge in [-0.3, -0.25) is 0 Å². The summed E-state index contributed by atoms with van der Waals surface area (Å²) in [5.41, 5.74) is 0.723. The van der Waals surface area contributed by atoms with E-state index in [4.69, 9.17) is 0 Å². The van der Waals surface area contributed by atoms with Gasteiger partial charge in [0.05, 0.1) is 0 Å². The van der Waals surface area contributed by atoms with E-state index in [1.807, 2.05) is 0 Å². The lowest BCUT2D eigenvalue weighted by Crippen LogP contribution is -1.95.